The maximum Gasteiger partial charge on any atom is 0.255 e. The van der Waals surface area contributed by atoms with Crippen LogP contribution in [0, 0.1) is 12.8 Å². The Balaban J connectivity index is 1.65. The van der Waals surface area contributed by atoms with Gasteiger partial charge in [-0.3, -0.25) is 9.59 Å². The van der Waals surface area contributed by atoms with Crippen molar-refractivity contribution in [2.45, 2.75) is 78.3 Å². The first-order valence-corrected chi connectivity index (χ1v) is 15.7. The molecular weight excluding hydrogens is 518 g/mol. The Bertz CT molecular complexity index is 1550. The quantitative estimate of drug-likeness (QED) is 0.177. The average Bonchev–Trinajstić information content (AvgIpc) is 3.45. The molecule has 0 spiro atoms. The number of para-hydroxylation sites is 1. The van der Waals surface area contributed by atoms with Crippen molar-refractivity contribution in [1.29, 1.82) is 0 Å². The van der Waals surface area contributed by atoms with Crippen LogP contribution in [0.25, 0.3) is 22.2 Å². The van der Waals surface area contributed by atoms with Crippen molar-refractivity contribution in [3.8, 4) is 11.3 Å². The fourth-order valence-corrected chi connectivity index (χ4v) is 6.60. The number of aromatic nitrogens is 1. The summed E-state index contributed by atoms with van der Waals surface area (Å²) in [6.07, 6.45) is 6.46. The molecule has 220 valence electrons. The third kappa shape index (κ3) is 5.49. The molecule has 3 aromatic carbocycles. The second kappa shape index (κ2) is 13.0. The first kappa shape index (κ1) is 29.6. The Hall–Kier alpha value is -3.86. The van der Waals surface area contributed by atoms with Gasteiger partial charge in [0.05, 0.1) is 11.7 Å². The normalized spacial score (nSPS) is 16.1. The van der Waals surface area contributed by atoms with Gasteiger partial charge in [-0.2, -0.15) is 0 Å². The number of rotatable bonds is 12. The van der Waals surface area contributed by atoms with E-state index < -0.39 is 6.04 Å². The number of nitrogens with zero attached hydrogens (tertiary/aromatic N) is 2. The Kier molecular flexibility index (Phi) is 9.15. The van der Waals surface area contributed by atoms with Crippen LogP contribution in [0.5, 0.6) is 0 Å². The molecule has 0 fully saturated rings. The number of nitrogens with one attached hydrogen (secondary N) is 1. The molecule has 0 saturated carbocycles. The van der Waals surface area contributed by atoms with Crippen LogP contribution in [0.15, 0.2) is 72.8 Å². The lowest BCUT2D eigenvalue weighted by Crippen LogP contribution is -2.52. The van der Waals surface area contributed by atoms with Gasteiger partial charge >= 0.3 is 0 Å². The summed E-state index contributed by atoms with van der Waals surface area (Å²) in [6, 6.07) is 24.0. The van der Waals surface area contributed by atoms with E-state index >= 15 is 0 Å². The Morgan fingerprint density at radius 3 is 2.33 bits per heavy atom. The van der Waals surface area contributed by atoms with Crippen LogP contribution in [0.4, 0.5) is 0 Å². The minimum Gasteiger partial charge on any atom is -0.354 e. The maximum absolute atomic E-state index is 14.4. The number of carbonyl (C=O) groups is 2. The standard InChI is InChI=1S/C37H45N3O2/c1-6-8-9-10-15-24-38-36(41)33(26(4)7-2)40-35(28-16-11-12-17-29(28)37(40)42)32-30-18-13-14-19-31(30)39(5)34(32)27-22-20-25(3)21-23-27/h11-14,16-23,26,33,35H,6-10,15,24H2,1-5H3,(H,38,41). The van der Waals surface area contributed by atoms with Crippen LogP contribution in [0.1, 0.15) is 92.4 Å². The van der Waals surface area contributed by atoms with Crippen molar-refractivity contribution in [2.24, 2.45) is 13.0 Å². The molecule has 0 radical (unpaired) electrons. The van der Waals surface area contributed by atoms with Gasteiger partial charge in [-0.25, -0.2) is 0 Å². The number of fused-ring (bicyclic) bond motifs is 2. The molecule has 0 aliphatic carbocycles. The number of amides is 2. The van der Waals surface area contributed by atoms with Gasteiger partial charge < -0.3 is 14.8 Å². The van der Waals surface area contributed by atoms with Crippen molar-refractivity contribution >= 4 is 22.7 Å². The van der Waals surface area contributed by atoms with Crippen molar-refractivity contribution < 1.29 is 9.59 Å². The highest BCUT2D eigenvalue weighted by Gasteiger charge is 2.47. The second-order valence-electron chi connectivity index (χ2n) is 11.9. The van der Waals surface area contributed by atoms with E-state index in [0.29, 0.717) is 12.1 Å². The summed E-state index contributed by atoms with van der Waals surface area (Å²) in [4.78, 5) is 30.3. The van der Waals surface area contributed by atoms with Crippen molar-refractivity contribution in [1.82, 2.24) is 14.8 Å². The van der Waals surface area contributed by atoms with Crippen LogP contribution in [0.3, 0.4) is 0 Å². The molecule has 2 amide bonds. The van der Waals surface area contributed by atoms with E-state index in [1.54, 1.807) is 0 Å². The van der Waals surface area contributed by atoms with Gasteiger partial charge in [0.15, 0.2) is 0 Å². The molecule has 5 heteroatoms. The molecular formula is C37H45N3O2. The highest BCUT2D eigenvalue weighted by atomic mass is 16.2. The zero-order valence-corrected chi connectivity index (χ0v) is 25.8. The van der Waals surface area contributed by atoms with Gasteiger partial charge in [0, 0.05) is 35.6 Å². The minimum atomic E-state index is -0.583. The fraction of sp³-hybridized carbons (Fsp3) is 0.405. The summed E-state index contributed by atoms with van der Waals surface area (Å²) in [7, 11) is 2.10. The third-order valence-corrected chi connectivity index (χ3v) is 9.07. The van der Waals surface area contributed by atoms with Crippen LogP contribution >= 0.6 is 0 Å². The van der Waals surface area contributed by atoms with Crippen molar-refractivity contribution in [3.05, 3.63) is 95.1 Å². The molecule has 3 atom stereocenters. The first-order chi connectivity index (χ1) is 20.4. The van der Waals surface area contributed by atoms with E-state index in [0.717, 1.165) is 52.5 Å². The summed E-state index contributed by atoms with van der Waals surface area (Å²) in [5, 5.41) is 4.33. The smallest absolute Gasteiger partial charge is 0.255 e. The molecule has 1 aromatic heterocycles. The van der Waals surface area contributed by atoms with E-state index in [-0.39, 0.29) is 23.8 Å². The Labute approximate surface area is 250 Å². The van der Waals surface area contributed by atoms with E-state index in [4.69, 9.17) is 0 Å². The number of benzene rings is 3. The zero-order chi connectivity index (χ0) is 29.8. The molecule has 1 N–H and O–H groups in total. The van der Waals surface area contributed by atoms with Gasteiger partial charge in [-0.05, 0) is 42.5 Å². The van der Waals surface area contributed by atoms with Gasteiger partial charge in [0.2, 0.25) is 5.91 Å². The number of aryl methyl sites for hydroxylation is 2. The number of hydrogen-bond donors (Lipinski definition) is 1. The largest absolute Gasteiger partial charge is 0.354 e. The summed E-state index contributed by atoms with van der Waals surface area (Å²) in [5.41, 5.74) is 7.22. The summed E-state index contributed by atoms with van der Waals surface area (Å²) in [5.74, 6) is -0.131. The van der Waals surface area contributed by atoms with Gasteiger partial charge in [0.25, 0.3) is 5.91 Å². The average molecular weight is 564 g/mol. The van der Waals surface area contributed by atoms with Crippen LogP contribution < -0.4 is 5.32 Å². The van der Waals surface area contributed by atoms with E-state index in [9.17, 15) is 9.59 Å². The molecule has 0 bridgehead atoms. The Morgan fingerprint density at radius 2 is 1.60 bits per heavy atom. The molecule has 1 aliphatic rings. The van der Waals surface area contributed by atoms with Crippen LogP contribution in [-0.2, 0) is 11.8 Å². The van der Waals surface area contributed by atoms with Crippen LogP contribution in [-0.4, -0.2) is 33.9 Å². The predicted molar refractivity (Wildman–Crippen MR) is 173 cm³/mol. The zero-order valence-electron chi connectivity index (χ0n) is 25.8. The molecule has 1 aliphatic heterocycles. The summed E-state index contributed by atoms with van der Waals surface area (Å²) in [6.45, 7) is 9.15. The van der Waals surface area contributed by atoms with Crippen LogP contribution in [0.2, 0.25) is 0 Å². The third-order valence-electron chi connectivity index (χ3n) is 9.07. The van der Waals surface area contributed by atoms with Crippen molar-refractivity contribution in [3.63, 3.8) is 0 Å². The maximum atomic E-state index is 14.4. The summed E-state index contributed by atoms with van der Waals surface area (Å²) < 4.78 is 2.24. The lowest BCUT2D eigenvalue weighted by atomic mass is 9.90. The highest BCUT2D eigenvalue weighted by molar-refractivity contribution is 6.04. The number of carbonyl (C=O) groups excluding carboxylic acids is 2. The van der Waals surface area contributed by atoms with E-state index in [2.05, 4.69) is 99.2 Å². The minimum absolute atomic E-state index is 0.0105. The van der Waals surface area contributed by atoms with E-state index in [1.807, 2.05) is 23.1 Å². The lowest BCUT2D eigenvalue weighted by Gasteiger charge is -2.36. The Morgan fingerprint density at radius 1 is 0.905 bits per heavy atom. The van der Waals surface area contributed by atoms with E-state index in [1.165, 1.54) is 24.8 Å². The molecule has 3 unspecified atom stereocenters. The number of unbranched alkanes of at least 4 members (excludes halogenated alkanes) is 4. The number of hydrogen-bond acceptors (Lipinski definition) is 2. The SMILES string of the molecule is CCCCCCCNC(=O)C(C(C)CC)N1C(=O)c2ccccc2C1c1c(-c2ccc(C)cc2)n(C)c2ccccc12. The molecule has 5 nitrogen and oxygen atoms in total. The van der Waals surface area contributed by atoms with Gasteiger partial charge in [-0.15, -0.1) is 0 Å². The topological polar surface area (TPSA) is 54.3 Å². The second-order valence-corrected chi connectivity index (χ2v) is 11.9. The molecule has 0 saturated heterocycles. The molecule has 5 rings (SSSR count). The molecule has 4 aromatic rings. The van der Waals surface area contributed by atoms with Gasteiger partial charge in [0.1, 0.15) is 6.04 Å². The highest BCUT2D eigenvalue weighted by Crippen LogP contribution is 2.48. The summed E-state index contributed by atoms with van der Waals surface area (Å²) >= 11 is 0. The first-order valence-electron chi connectivity index (χ1n) is 15.7. The van der Waals surface area contributed by atoms with Crippen molar-refractivity contribution in [2.75, 3.05) is 6.54 Å². The fourth-order valence-electron chi connectivity index (χ4n) is 6.60. The lowest BCUT2D eigenvalue weighted by molar-refractivity contribution is -0.127. The monoisotopic (exact) mass is 563 g/mol. The molecule has 42 heavy (non-hydrogen) atoms. The van der Waals surface area contributed by atoms with Gasteiger partial charge in [-0.1, -0.05) is 119 Å². The predicted octanol–water partition coefficient (Wildman–Crippen LogP) is 8.20. The molecule has 2 heterocycles.